The van der Waals surface area contributed by atoms with Crippen LogP contribution in [0, 0.1) is 11.8 Å². The number of carbonyl (C=O) groups is 1. The first-order valence-electron chi connectivity index (χ1n) is 6.38. The standard InChI is InChI=1S/C14H14F3NO/c15-14(16,17)13(19)18-7-11-5-9-3-1-2-4-10(9)6-12(11)8-18/h1-4,11-12H,5-8H2/t11-,12-/m0/s1. The van der Waals surface area contributed by atoms with Crippen molar-refractivity contribution in [1.29, 1.82) is 0 Å². The molecule has 0 bridgehead atoms. The van der Waals surface area contributed by atoms with Crippen molar-refractivity contribution in [3.8, 4) is 0 Å². The van der Waals surface area contributed by atoms with Crippen molar-refractivity contribution in [3.05, 3.63) is 35.4 Å². The fourth-order valence-corrected chi connectivity index (χ4v) is 3.27. The molecule has 102 valence electrons. The maximum Gasteiger partial charge on any atom is 0.471 e. The molecule has 19 heavy (non-hydrogen) atoms. The van der Waals surface area contributed by atoms with Crippen molar-refractivity contribution < 1.29 is 18.0 Å². The number of fused-ring (bicyclic) bond motifs is 2. The van der Waals surface area contributed by atoms with Gasteiger partial charge >= 0.3 is 12.1 Å². The van der Waals surface area contributed by atoms with Crippen LogP contribution in [0.2, 0.25) is 0 Å². The molecule has 0 aromatic heterocycles. The minimum absolute atomic E-state index is 0.168. The number of nitrogens with zero attached hydrogens (tertiary/aromatic N) is 1. The summed E-state index contributed by atoms with van der Waals surface area (Å²) < 4.78 is 37.4. The second-order valence-electron chi connectivity index (χ2n) is 5.41. The van der Waals surface area contributed by atoms with Gasteiger partial charge in [0.25, 0.3) is 0 Å². The van der Waals surface area contributed by atoms with Gasteiger partial charge in [-0.15, -0.1) is 0 Å². The van der Waals surface area contributed by atoms with Gasteiger partial charge in [-0.05, 0) is 35.8 Å². The van der Waals surface area contributed by atoms with Gasteiger partial charge in [0.15, 0.2) is 0 Å². The van der Waals surface area contributed by atoms with Gasteiger partial charge in [-0.3, -0.25) is 4.79 Å². The van der Waals surface area contributed by atoms with Crippen LogP contribution >= 0.6 is 0 Å². The second-order valence-corrected chi connectivity index (χ2v) is 5.41. The Morgan fingerprint density at radius 3 is 1.95 bits per heavy atom. The number of likely N-dealkylation sites (tertiary alicyclic amines) is 1. The van der Waals surface area contributed by atoms with Gasteiger partial charge in [-0.25, -0.2) is 0 Å². The van der Waals surface area contributed by atoms with Crippen LogP contribution in [0.4, 0.5) is 13.2 Å². The van der Waals surface area contributed by atoms with Gasteiger partial charge in [-0.2, -0.15) is 13.2 Å². The summed E-state index contributed by atoms with van der Waals surface area (Å²) in [5.41, 5.74) is 2.43. The number of benzene rings is 1. The van der Waals surface area contributed by atoms with Crippen LogP contribution in [0.5, 0.6) is 0 Å². The summed E-state index contributed by atoms with van der Waals surface area (Å²) in [5, 5.41) is 0. The van der Waals surface area contributed by atoms with Gasteiger partial charge in [-0.1, -0.05) is 24.3 Å². The molecule has 1 aliphatic carbocycles. The summed E-state index contributed by atoms with van der Waals surface area (Å²) in [7, 11) is 0. The van der Waals surface area contributed by atoms with E-state index in [1.54, 1.807) is 0 Å². The summed E-state index contributed by atoms with van der Waals surface area (Å²) in [6.07, 6.45) is -3.19. The van der Waals surface area contributed by atoms with E-state index in [4.69, 9.17) is 0 Å². The molecule has 0 spiro atoms. The highest BCUT2D eigenvalue weighted by molar-refractivity contribution is 5.82. The van der Waals surface area contributed by atoms with Crippen molar-refractivity contribution in [2.45, 2.75) is 19.0 Å². The van der Waals surface area contributed by atoms with Crippen molar-refractivity contribution in [1.82, 2.24) is 4.90 Å². The maximum atomic E-state index is 12.5. The van der Waals surface area contributed by atoms with E-state index in [2.05, 4.69) is 0 Å². The van der Waals surface area contributed by atoms with Crippen LogP contribution in [-0.4, -0.2) is 30.1 Å². The average Bonchev–Trinajstić information content (AvgIpc) is 2.76. The Balaban J connectivity index is 1.76. The SMILES string of the molecule is O=C(N1C[C@@H]2Cc3ccccc3C[C@H]2C1)C(F)(F)F. The lowest BCUT2D eigenvalue weighted by molar-refractivity contribution is -0.184. The first-order valence-corrected chi connectivity index (χ1v) is 6.38. The fourth-order valence-electron chi connectivity index (χ4n) is 3.27. The molecule has 1 aromatic carbocycles. The normalized spacial score (nSPS) is 25.9. The number of hydrogen-bond donors (Lipinski definition) is 0. The Morgan fingerprint density at radius 2 is 1.53 bits per heavy atom. The topological polar surface area (TPSA) is 20.3 Å². The minimum Gasteiger partial charge on any atom is -0.334 e. The Kier molecular flexibility index (Phi) is 2.80. The molecule has 3 rings (SSSR count). The van der Waals surface area contributed by atoms with Gasteiger partial charge in [0.05, 0.1) is 0 Å². The minimum atomic E-state index is -4.75. The van der Waals surface area contributed by atoms with Crippen LogP contribution in [0.1, 0.15) is 11.1 Å². The molecule has 5 heteroatoms. The van der Waals surface area contributed by atoms with E-state index in [0.717, 1.165) is 17.7 Å². The number of carbonyl (C=O) groups excluding carboxylic acids is 1. The molecule has 1 fully saturated rings. The van der Waals surface area contributed by atoms with E-state index < -0.39 is 12.1 Å². The maximum absolute atomic E-state index is 12.5. The molecule has 0 unspecified atom stereocenters. The Hall–Kier alpha value is -1.52. The van der Waals surface area contributed by atoms with Crippen LogP contribution in [0.3, 0.4) is 0 Å². The highest BCUT2D eigenvalue weighted by atomic mass is 19.4. The van der Waals surface area contributed by atoms with Crippen molar-refractivity contribution >= 4 is 5.91 Å². The molecule has 2 atom stereocenters. The molecule has 2 nitrogen and oxygen atoms in total. The summed E-state index contributed by atoms with van der Waals surface area (Å²) in [4.78, 5) is 12.3. The highest BCUT2D eigenvalue weighted by Crippen LogP contribution is 2.36. The molecule has 2 aliphatic rings. The lowest BCUT2D eigenvalue weighted by atomic mass is 9.78. The monoisotopic (exact) mass is 269 g/mol. The quantitative estimate of drug-likeness (QED) is 0.708. The second kappa shape index (κ2) is 4.25. The van der Waals surface area contributed by atoms with E-state index in [-0.39, 0.29) is 24.9 Å². The van der Waals surface area contributed by atoms with E-state index in [9.17, 15) is 18.0 Å². The Morgan fingerprint density at radius 1 is 1.05 bits per heavy atom. The lowest BCUT2D eigenvalue weighted by Gasteiger charge is -2.26. The third-order valence-electron chi connectivity index (χ3n) is 4.19. The van der Waals surface area contributed by atoms with Crippen LogP contribution < -0.4 is 0 Å². The predicted molar refractivity (Wildman–Crippen MR) is 63.5 cm³/mol. The predicted octanol–water partition coefficient (Wildman–Crippen LogP) is 2.42. The summed E-state index contributed by atoms with van der Waals surface area (Å²) in [6, 6.07) is 7.96. The number of alkyl halides is 3. The highest BCUT2D eigenvalue weighted by Gasteiger charge is 2.47. The van der Waals surface area contributed by atoms with Gasteiger partial charge < -0.3 is 4.90 Å². The van der Waals surface area contributed by atoms with Crippen LogP contribution in [0.15, 0.2) is 24.3 Å². The third-order valence-corrected chi connectivity index (χ3v) is 4.19. The number of hydrogen-bond acceptors (Lipinski definition) is 1. The first kappa shape index (κ1) is 12.5. The third kappa shape index (κ3) is 2.22. The molecule has 1 aromatic rings. The van der Waals surface area contributed by atoms with E-state index >= 15 is 0 Å². The van der Waals surface area contributed by atoms with Gasteiger partial charge in [0.1, 0.15) is 0 Å². The number of amides is 1. The zero-order chi connectivity index (χ0) is 13.6. The molecule has 1 heterocycles. The van der Waals surface area contributed by atoms with E-state index in [1.807, 2.05) is 24.3 Å². The molecule has 0 saturated carbocycles. The van der Waals surface area contributed by atoms with Crippen molar-refractivity contribution in [2.75, 3.05) is 13.1 Å². The molecular formula is C14H14F3NO. The zero-order valence-corrected chi connectivity index (χ0v) is 10.3. The molecule has 1 saturated heterocycles. The molecule has 1 aliphatic heterocycles. The number of rotatable bonds is 0. The average molecular weight is 269 g/mol. The Labute approximate surface area is 109 Å². The van der Waals surface area contributed by atoms with Crippen molar-refractivity contribution in [3.63, 3.8) is 0 Å². The van der Waals surface area contributed by atoms with E-state index in [0.29, 0.717) is 0 Å². The molecule has 0 radical (unpaired) electrons. The van der Waals surface area contributed by atoms with Crippen LogP contribution in [-0.2, 0) is 17.6 Å². The summed E-state index contributed by atoms with van der Waals surface area (Å²) in [5.74, 6) is -1.35. The van der Waals surface area contributed by atoms with Gasteiger partial charge in [0.2, 0.25) is 0 Å². The fraction of sp³-hybridized carbons (Fsp3) is 0.500. The molecular weight excluding hydrogens is 255 g/mol. The zero-order valence-electron chi connectivity index (χ0n) is 10.3. The largest absolute Gasteiger partial charge is 0.471 e. The van der Waals surface area contributed by atoms with Crippen LogP contribution in [0.25, 0.3) is 0 Å². The molecule has 1 amide bonds. The number of halogens is 3. The smallest absolute Gasteiger partial charge is 0.334 e. The van der Waals surface area contributed by atoms with E-state index in [1.165, 1.54) is 11.1 Å². The molecule has 0 N–H and O–H groups in total. The first-order chi connectivity index (χ1) is 8.95. The lowest BCUT2D eigenvalue weighted by Crippen LogP contribution is -2.39. The van der Waals surface area contributed by atoms with Crippen molar-refractivity contribution in [2.24, 2.45) is 11.8 Å². The Bertz CT molecular complexity index is 479. The summed E-state index contributed by atoms with van der Waals surface area (Å²) in [6.45, 7) is 0.467. The van der Waals surface area contributed by atoms with Gasteiger partial charge in [0, 0.05) is 13.1 Å². The summed E-state index contributed by atoms with van der Waals surface area (Å²) >= 11 is 0.